The first kappa shape index (κ1) is 12.0. The van der Waals surface area contributed by atoms with Crippen molar-refractivity contribution in [3.05, 3.63) is 15.6 Å². The number of piperidine rings is 1. The van der Waals surface area contributed by atoms with Crippen molar-refractivity contribution in [2.24, 2.45) is 11.7 Å². The summed E-state index contributed by atoms with van der Waals surface area (Å²) in [6.45, 7) is 8.44. The number of nitrogens with one attached hydrogen (secondary N) is 1. The van der Waals surface area contributed by atoms with Gasteiger partial charge in [-0.2, -0.15) is 0 Å². The second-order valence-corrected chi connectivity index (χ2v) is 5.96. The Morgan fingerprint density at radius 1 is 1.56 bits per heavy atom. The van der Waals surface area contributed by atoms with Gasteiger partial charge in [0.2, 0.25) is 0 Å². The van der Waals surface area contributed by atoms with Crippen LogP contribution in [0.25, 0.3) is 0 Å². The normalized spacial score (nSPS) is 30.6. The van der Waals surface area contributed by atoms with Crippen LogP contribution in [-0.4, -0.2) is 18.1 Å². The van der Waals surface area contributed by atoms with Gasteiger partial charge < -0.3 is 11.1 Å². The number of thiazole rings is 1. The minimum Gasteiger partial charge on any atom is -0.319 e. The summed E-state index contributed by atoms with van der Waals surface area (Å²) in [6.07, 6.45) is 2.11. The molecule has 0 saturated carbocycles. The maximum absolute atomic E-state index is 6.63. The molecule has 2 heterocycles. The van der Waals surface area contributed by atoms with Crippen molar-refractivity contribution >= 4 is 11.3 Å². The van der Waals surface area contributed by atoms with E-state index in [-0.39, 0.29) is 5.54 Å². The van der Waals surface area contributed by atoms with E-state index < -0.39 is 0 Å². The second-order valence-electron chi connectivity index (χ2n) is 4.76. The highest BCUT2D eigenvalue weighted by Crippen LogP contribution is 2.37. The molecule has 0 aliphatic carbocycles. The van der Waals surface area contributed by atoms with Gasteiger partial charge in [-0.3, -0.25) is 0 Å². The van der Waals surface area contributed by atoms with Crippen LogP contribution in [0.5, 0.6) is 0 Å². The first-order valence-electron chi connectivity index (χ1n) is 6.02. The van der Waals surface area contributed by atoms with Crippen LogP contribution in [0.1, 0.15) is 35.3 Å². The first-order chi connectivity index (χ1) is 7.58. The standard InChI is InChI=1S/C12H21N3S/c1-4-10-7-14-6-5-12(10,13)11-15-8(2)9(3)16-11/h10,14H,4-7,13H2,1-3H3. The molecule has 90 valence electrons. The third-order valence-corrected chi connectivity index (χ3v) is 5.02. The molecule has 2 atom stereocenters. The largest absolute Gasteiger partial charge is 0.319 e. The smallest absolute Gasteiger partial charge is 0.113 e. The van der Waals surface area contributed by atoms with E-state index in [9.17, 15) is 0 Å². The molecule has 2 unspecified atom stereocenters. The van der Waals surface area contributed by atoms with Gasteiger partial charge in [0.15, 0.2) is 0 Å². The molecule has 3 nitrogen and oxygen atoms in total. The molecule has 0 aromatic carbocycles. The lowest BCUT2D eigenvalue weighted by Crippen LogP contribution is -2.53. The van der Waals surface area contributed by atoms with Crippen molar-refractivity contribution in [3.63, 3.8) is 0 Å². The minimum absolute atomic E-state index is 0.205. The van der Waals surface area contributed by atoms with Gasteiger partial charge in [0.05, 0.1) is 11.2 Å². The van der Waals surface area contributed by atoms with Gasteiger partial charge in [0, 0.05) is 11.4 Å². The Bertz CT molecular complexity index is 355. The molecule has 1 aromatic rings. The summed E-state index contributed by atoms with van der Waals surface area (Å²) in [7, 11) is 0. The highest BCUT2D eigenvalue weighted by molar-refractivity contribution is 7.11. The number of hydrogen-bond acceptors (Lipinski definition) is 4. The van der Waals surface area contributed by atoms with Crippen LogP contribution < -0.4 is 11.1 Å². The topological polar surface area (TPSA) is 50.9 Å². The molecule has 4 heteroatoms. The van der Waals surface area contributed by atoms with Gasteiger partial charge in [-0.25, -0.2) is 4.98 Å². The summed E-state index contributed by atoms with van der Waals surface area (Å²) >= 11 is 1.77. The molecule has 0 radical (unpaired) electrons. The molecule has 1 fully saturated rings. The lowest BCUT2D eigenvalue weighted by atomic mass is 9.78. The minimum atomic E-state index is -0.205. The van der Waals surface area contributed by atoms with Gasteiger partial charge in [0.1, 0.15) is 5.01 Å². The average molecular weight is 239 g/mol. The van der Waals surface area contributed by atoms with Crippen molar-refractivity contribution in [1.82, 2.24) is 10.3 Å². The van der Waals surface area contributed by atoms with E-state index >= 15 is 0 Å². The van der Waals surface area contributed by atoms with Crippen LogP contribution >= 0.6 is 11.3 Å². The highest BCUT2D eigenvalue weighted by atomic mass is 32.1. The molecular weight excluding hydrogens is 218 g/mol. The zero-order valence-electron chi connectivity index (χ0n) is 10.3. The predicted octanol–water partition coefficient (Wildman–Crippen LogP) is 1.93. The summed E-state index contributed by atoms with van der Waals surface area (Å²) in [5, 5.41) is 4.56. The van der Waals surface area contributed by atoms with Crippen LogP contribution in [-0.2, 0) is 5.54 Å². The molecule has 3 N–H and O–H groups in total. The van der Waals surface area contributed by atoms with E-state index in [1.807, 2.05) is 0 Å². The average Bonchev–Trinajstić information content (AvgIpc) is 2.60. The Kier molecular flexibility index (Phi) is 3.33. The zero-order valence-corrected chi connectivity index (χ0v) is 11.2. The van der Waals surface area contributed by atoms with E-state index in [4.69, 9.17) is 5.73 Å². The monoisotopic (exact) mass is 239 g/mol. The van der Waals surface area contributed by atoms with Crippen molar-refractivity contribution in [1.29, 1.82) is 0 Å². The maximum atomic E-state index is 6.63. The van der Waals surface area contributed by atoms with Crippen molar-refractivity contribution in [2.75, 3.05) is 13.1 Å². The summed E-state index contributed by atoms with van der Waals surface area (Å²) < 4.78 is 0. The molecule has 1 aliphatic heterocycles. The lowest BCUT2D eigenvalue weighted by Gasteiger charge is -2.39. The summed E-state index contributed by atoms with van der Waals surface area (Å²) in [6, 6.07) is 0. The highest BCUT2D eigenvalue weighted by Gasteiger charge is 2.40. The molecule has 1 aliphatic rings. The molecule has 16 heavy (non-hydrogen) atoms. The zero-order chi connectivity index (χ0) is 11.8. The Balaban J connectivity index is 2.34. The molecule has 1 saturated heterocycles. The number of aromatic nitrogens is 1. The van der Waals surface area contributed by atoms with E-state index in [1.54, 1.807) is 11.3 Å². The summed E-state index contributed by atoms with van der Waals surface area (Å²) in [5.74, 6) is 0.506. The van der Waals surface area contributed by atoms with Crippen LogP contribution in [0.4, 0.5) is 0 Å². The van der Waals surface area contributed by atoms with E-state index in [1.165, 1.54) is 4.88 Å². The van der Waals surface area contributed by atoms with Crippen molar-refractivity contribution in [3.8, 4) is 0 Å². The number of rotatable bonds is 2. The van der Waals surface area contributed by atoms with E-state index in [0.717, 1.165) is 36.6 Å². The Morgan fingerprint density at radius 2 is 2.31 bits per heavy atom. The number of hydrogen-bond donors (Lipinski definition) is 2. The Labute approximate surface area is 101 Å². The number of aryl methyl sites for hydroxylation is 2. The van der Waals surface area contributed by atoms with Crippen LogP contribution in [0.2, 0.25) is 0 Å². The summed E-state index contributed by atoms with van der Waals surface area (Å²) in [4.78, 5) is 5.97. The molecule has 0 amide bonds. The van der Waals surface area contributed by atoms with Gasteiger partial charge in [-0.15, -0.1) is 11.3 Å². The fourth-order valence-corrected chi connectivity index (χ4v) is 3.54. The van der Waals surface area contributed by atoms with Crippen molar-refractivity contribution < 1.29 is 0 Å². The van der Waals surface area contributed by atoms with Gasteiger partial charge in [-0.05, 0) is 39.2 Å². The molecule has 2 rings (SSSR count). The quantitative estimate of drug-likeness (QED) is 0.829. The fourth-order valence-electron chi connectivity index (χ4n) is 2.42. The van der Waals surface area contributed by atoms with E-state index in [2.05, 4.69) is 31.1 Å². The lowest BCUT2D eigenvalue weighted by molar-refractivity contribution is 0.199. The van der Waals surface area contributed by atoms with Gasteiger partial charge in [-0.1, -0.05) is 6.92 Å². The number of nitrogens with two attached hydrogens (primary N) is 1. The van der Waals surface area contributed by atoms with Gasteiger partial charge in [0.25, 0.3) is 0 Å². The molecular formula is C12H21N3S. The second kappa shape index (κ2) is 4.43. The fraction of sp³-hybridized carbons (Fsp3) is 0.750. The third kappa shape index (κ3) is 1.90. The molecule has 0 spiro atoms. The SMILES string of the molecule is CCC1CNCCC1(N)c1nc(C)c(C)s1. The predicted molar refractivity (Wildman–Crippen MR) is 68.7 cm³/mol. The van der Waals surface area contributed by atoms with Gasteiger partial charge >= 0.3 is 0 Å². The summed E-state index contributed by atoms with van der Waals surface area (Å²) in [5.41, 5.74) is 7.56. The van der Waals surface area contributed by atoms with Crippen LogP contribution in [0, 0.1) is 19.8 Å². The molecule has 1 aromatic heterocycles. The Hall–Kier alpha value is -0.450. The van der Waals surface area contributed by atoms with Crippen LogP contribution in [0.15, 0.2) is 0 Å². The first-order valence-corrected chi connectivity index (χ1v) is 6.83. The van der Waals surface area contributed by atoms with Crippen molar-refractivity contribution in [2.45, 2.75) is 39.2 Å². The molecule has 0 bridgehead atoms. The Morgan fingerprint density at radius 3 is 2.88 bits per heavy atom. The number of nitrogens with zero attached hydrogens (tertiary/aromatic N) is 1. The van der Waals surface area contributed by atoms with Crippen LogP contribution in [0.3, 0.4) is 0 Å². The third-order valence-electron chi connectivity index (χ3n) is 3.75. The van der Waals surface area contributed by atoms with E-state index in [0.29, 0.717) is 5.92 Å². The maximum Gasteiger partial charge on any atom is 0.113 e.